The number of hydrogen-bond donors (Lipinski definition) is 5. The summed E-state index contributed by atoms with van der Waals surface area (Å²) < 4.78 is 14.1. The van der Waals surface area contributed by atoms with Crippen LogP contribution in [0, 0.1) is 11.8 Å². The summed E-state index contributed by atoms with van der Waals surface area (Å²) in [5, 5.41) is 37.4. The fourth-order valence-electron chi connectivity index (χ4n) is 9.42. The summed E-state index contributed by atoms with van der Waals surface area (Å²) in [6.45, 7) is 10.1. The number of aromatic nitrogens is 1. The SMILES string of the molecule is CC(C)(Cc1ccc(OCCC[N+]23CCC(CC2)[C@@H](OC[C@@](O)(c2ccccc2)C2CCCC2)C3)cc1)NC[C@H](O)c1ccc(O)c2[nH]c(=O)ccc12.[Br-]. The fraction of sp³-hybridized carbons (Fsp3) is 0.523. The molecular weight excluding hydrogens is 746 g/mol. The number of rotatable bonds is 16. The normalized spacial score (nSPS) is 23.2. The number of pyridine rings is 1. The molecule has 0 unspecified atom stereocenters. The zero-order chi connectivity index (χ0) is 37.1. The van der Waals surface area contributed by atoms with Crippen LogP contribution in [0.25, 0.3) is 10.9 Å². The molecule has 54 heavy (non-hydrogen) atoms. The van der Waals surface area contributed by atoms with Crippen molar-refractivity contribution in [2.24, 2.45) is 11.8 Å². The van der Waals surface area contributed by atoms with Gasteiger partial charge in [-0.2, -0.15) is 0 Å². The van der Waals surface area contributed by atoms with Gasteiger partial charge in [0.2, 0.25) is 5.56 Å². The van der Waals surface area contributed by atoms with Crippen molar-refractivity contribution in [3.8, 4) is 11.5 Å². The van der Waals surface area contributed by atoms with Crippen molar-refractivity contribution >= 4 is 10.9 Å². The summed E-state index contributed by atoms with van der Waals surface area (Å²) in [5.74, 6) is 1.70. The summed E-state index contributed by atoms with van der Waals surface area (Å²) >= 11 is 0. The minimum absolute atomic E-state index is 0. The van der Waals surface area contributed by atoms with Gasteiger partial charge in [-0.25, -0.2) is 0 Å². The molecule has 0 radical (unpaired) electrons. The average Bonchev–Trinajstić information content (AvgIpc) is 3.73. The number of quaternary nitrogens is 1. The minimum Gasteiger partial charge on any atom is -1.00 e. The lowest BCUT2D eigenvalue weighted by molar-refractivity contribution is -0.946. The van der Waals surface area contributed by atoms with Gasteiger partial charge in [0.05, 0.1) is 44.5 Å². The number of piperidine rings is 3. The second-order valence-corrected chi connectivity index (χ2v) is 16.7. The van der Waals surface area contributed by atoms with Crippen LogP contribution in [0.1, 0.15) is 81.6 Å². The van der Waals surface area contributed by atoms with Gasteiger partial charge < -0.3 is 56.6 Å². The monoisotopic (exact) mass is 803 g/mol. The maximum Gasteiger partial charge on any atom is 0.248 e. The number of phenolic OH excluding ortho intramolecular Hbond substituents is 1. The van der Waals surface area contributed by atoms with E-state index in [1.807, 2.05) is 30.3 Å². The van der Waals surface area contributed by atoms with E-state index in [0.717, 1.165) is 54.6 Å². The first kappa shape index (κ1) is 40.4. The number of fused-ring (bicyclic) bond motifs is 4. The summed E-state index contributed by atoms with van der Waals surface area (Å²) in [4.78, 5) is 14.4. The van der Waals surface area contributed by atoms with Crippen LogP contribution < -0.4 is 32.6 Å². The zero-order valence-electron chi connectivity index (χ0n) is 31.8. The second-order valence-electron chi connectivity index (χ2n) is 16.7. The van der Waals surface area contributed by atoms with E-state index in [0.29, 0.717) is 42.1 Å². The quantitative estimate of drug-likeness (QED) is 0.0871. The van der Waals surface area contributed by atoms with Gasteiger partial charge in [-0.15, -0.1) is 0 Å². The first-order chi connectivity index (χ1) is 25.5. The summed E-state index contributed by atoms with van der Waals surface area (Å²) in [5.41, 5.74) is 1.64. The standard InChI is InChI=1S/C44H57N3O6.BrH/c1-43(2,45-28-39(49)36-17-19-38(48)42-37(36)18-20-41(50)46-42)27-31-13-15-35(16-14-31)52-26-8-23-47-24-21-32(22-25-47)40(29-47)53-30-44(51,34-11-6-7-12-34)33-9-4-3-5-10-33;/h3-5,9-10,13-20,32,34,39-40,45,49,51H,6-8,11-12,21-30H2,1-2H3,(H-,46,48,50);1H/t32?,39-,40-,44+,47?;/m0./s1. The number of halogens is 1. The van der Waals surface area contributed by atoms with Crippen LogP contribution in [0.4, 0.5) is 0 Å². The van der Waals surface area contributed by atoms with Gasteiger partial charge in [-0.1, -0.05) is 61.4 Å². The molecule has 9 nitrogen and oxygen atoms in total. The molecule has 2 bridgehead atoms. The number of benzene rings is 3. The molecule has 3 aromatic carbocycles. The lowest BCUT2D eigenvalue weighted by atomic mass is 9.80. The molecule has 4 heterocycles. The number of aliphatic hydroxyl groups excluding tert-OH is 1. The van der Waals surface area contributed by atoms with Crippen LogP contribution in [0.5, 0.6) is 11.5 Å². The summed E-state index contributed by atoms with van der Waals surface area (Å²) in [6.07, 6.45) is 8.03. The molecular formula is C44H58BrN3O6. The number of H-pyrrole nitrogens is 1. The highest BCUT2D eigenvalue weighted by atomic mass is 79.9. The Labute approximate surface area is 330 Å². The van der Waals surface area contributed by atoms with Crippen LogP contribution in [0.2, 0.25) is 0 Å². The van der Waals surface area contributed by atoms with Crippen molar-refractivity contribution in [1.82, 2.24) is 10.3 Å². The van der Waals surface area contributed by atoms with Crippen LogP contribution in [-0.4, -0.2) is 82.4 Å². The van der Waals surface area contributed by atoms with E-state index in [-0.39, 0.29) is 45.9 Å². The molecule has 4 aliphatic rings. The Hall–Kier alpha value is -3.25. The Morgan fingerprint density at radius 2 is 1.67 bits per heavy atom. The maximum absolute atomic E-state index is 12.1. The van der Waals surface area contributed by atoms with Crippen molar-refractivity contribution in [2.45, 2.75) is 88.6 Å². The molecule has 3 atom stereocenters. The molecule has 1 aliphatic carbocycles. The van der Waals surface area contributed by atoms with Gasteiger partial charge in [0.1, 0.15) is 29.7 Å². The smallest absolute Gasteiger partial charge is 0.248 e. The Bertz CT molecular complexity index is 1870. The Morgan fingerprint density at radius 3 is 2.39 bits per heavy atom. The second kappa shape index (κ2) is 17.3. The number of nitrogens with one attached hydrogen (secondary N) is 2. The lowest BCUT2D eigenvalue weighted by Gasteiger charge is -2.53. The van der Waals surface area contributed by atoms with Crippen LogP contribution in [0.15, 0.2) is 83.7 Å². The van der Waals surface area contributed by atoms with Crippen molar-refractivity contribution in [3.63, 3.8) is 0 Å². The van der Waals surface area contributed by atoms with Gasteiger partial charge in [-0.3, -0.25) is 4.79 Å². The number of aromatic amines is 1. The van der Waals surface area contributed by atoms with Gasteiger partial charge in [-0.05, 0) is 80.0 Å². The maximum atomic E-state index is 12.1. The van der Waals surface area contributed by atoms with Crippen molar-refractivity contribution in [2.75, 3.05) is 45.9 Å². The van der Waals surface area contributed by atoms with E-state index in [1.165, 1.54) is 56.5 Å². The van der Waals surface area contributed by atoms with E-state index in [4.69, 9.17) is 9.47 Å². The van der Waals surface area contributed by atoms with Gasteiger partial charge in [0, 0.05) is 48.7 Å². The highest BCUT2D eigenvalue weighted by molar-refractivity contribution is 5.87. The Morgan fingerprint density at radius 1 is 0.944 bits per heavy atom. The molecule has 3 saturated heterocycles. The van der Waals surface area contributed by atoms with Gasteiger partial charge in [0.15, 0.2) is 0 Å². The average molecular weight is 805 g/mol. The number of hydrogen-bond acceptors (Lipinski definition) is 7. The third-order valence-corrected chi connectivity index (χ3v) is 12.5. The van der Waals surface area contributed by atoms with E-state index in [1.54, 1.807) is 12.1 Å². The number of aliphatic hydroxyl groups is 2. The molecule has 1 aromatic heterocycles. The topological polar surface area (TPSA) is 124 Å². The zero-order valence-corrected chi connectivity index (χ0v) is 33.4. The highest BCUT2D eigenvalue weighted by Gasteiger charge is 2.48. The largest absolute Gasteiger partial charge is 1.00 e. The Balaban J connectivity index is 0.00000497. The molecule has 4 aromatic rings. The molecule has 3 aliphatic heterocycles. The third-order valence-electron chi connectivity index (χ3n) is 12.5. The van der Waals surface area contributed by atoms with E-state index in [2.05, 4.69) is 48.4 Å². The molecule has 0 amide bonds. The van der Waals surface area contributed by atoms with Crippen molar-refractivity contribution in [3.05, 3.63) is 106 Å². The molecule has 5 N–H and O–H groups in total. The highest BCUT2D eigenvalue weighted by Crippen LogP contribution is 2.43. The molecule has 8 rings (SSSR count). The van der Waals surface area contributed by atoms with E-state index >= 15 is 0 Å². The molecule has 4 fully saturated rings. The van der Waals surface area contributed by atoms with E-state index in [9.17, 15) is 20.1 Å². The Kier molecular flexibility index (Phi) is 12.9. The molecule has 1 saturated carbocycles. The minimum atomic E-state index is -0.915. The third kappa shape index (κ3) is 9.23. The number of aromatic hydroxyl groups is 1. The predicted octanol–water partition coefficient (Wildman–Crippen LogP) is 3.35. The number of nitrogens with zero attached hydrogens (tertiary/aromatic N) is 1. The van der Waals surface area contributed by atoms with E-state index < -0.39 is 11.7 Å². The lowest BCUT2D eigenvalue weighted by Crippen LogP contribution is -3.00. The van der Waals surface area contributed by atoms with Crippen LogP contribution >= 0.6 is 0 Å². The first-order valence-electron chi connectivity index (χ1n) is 19.8. The molecule has 10 heteroatoms. The number of phenols is 1. The van der Waals surface area contributed by atoms with Gasteiger partial charge >= 0.3 is 0 Å². The van der Waals surface area contributed by atoms with Crippen LogP contribution in [-0.2, 0) is 16.8 Å². The van der Waals surface area contributed by atoms with Crippen molar-refractivity contribution < 1.29 is 46.3 Å². The number of ether oxygens (including phenoxy) is 2. The van der Waals surface area contributed by atoms with Gasteiger partial charge in [0.25, 0.3) is 0 Å². The summed E-state index contributed by atoms with van der Waals surface area (Å²) in [6, 6.07) is 24.8. The summed E-state index contributed by atoms with van der Waals surface area (Å²) in [7, 11) is 0. The predicted molar refractivity (Wildman–Crippen MR) is 208 cm³/mol. The molecule has 0 spiro atoms. The fourth-order valence-corrected chi connectivity index (χ4v) is 9.42. The first-order valence-corrected chi connectivity index (χ1v) is 19.8. The molecule has 292 valence electrons. The number of β-amino-alcohol motifs (C(OH)–C–C–N with tert-alkyl or cyclic N) is 1. The van der Waals surface area contributed by atoms with Crippen molar-refractivity contribution in [1.29, 1.82) is 0 Å². The van der Waals surface area contributed by atoms with Crippen LogP contribution in [0.3, 0.4) is 0 Å².